The fourth-order valence-electron chi connectivity index (χ4n) is 4.84. The number of nitrogens with two attached hydrogens (primary N) is 1. The normalized spacial score (nSPS) is 19.9. The first-order valence-corrected chi connectivity index (χ1v) is 14.7. The molecular formula is C29H28F3N5O9S. The highest BCUT2D eigenvalue weighted by Gasteiger charge is 2.50. The average Bonchev–Trinajstić information content (AvgIpc) is 3.35. The summed E-state index contributed by atoms with van der Waals surface area (Å²) in [5.74, 6) is -4.62. The molecule has 0 radical (unpaired) electrons. The molecule has 250 valence electrons. The molecule has 1 aromatic heterocycles. The Balaban J connectivity index is 0.000000644. The van der Waals surface area contributed by atoms with Crippen LogP contribution in [0.25, 0.3) is 0 Å². The number of nitrogens with zero attached hydrogens (tertiary/aromatic N) is 3. The Hall–Kier alpha value is -5.10. The maximum atomic E-state index is 13.1. The Morgan fingerprint density at radius 3 is 2.47 bits per heavy atom. The number of benzene rings is 1. The number of aromatic hydroxyl groups is 1. The first-order valence-electron chi connectivity index (χ1n) is 13.7. The van der Waals surface area contributed by atoms with Gasteiger partial charge >= 0.3 is 12.1 Å². The third-order valence-electron chi connectivity index (χ3n) is 7.16. The minimum absolute atomic E-state index is 0.0246. The number of methoxy groups -OCH3 is 1. The van der Waals surface area contributed by atoms with E-state index in [-0.39, 0.29) is 35.6 Å². The van der Waals surface area contributed by atoms with Gasteiger partial charge in [-0.15, -0.1) is 11.8 Å². The Bertz CT molecular complexity index is 1660. The van der Waals surface area contributed by atoms with Crippen LogP contribution in [0.1, 0.15) is 12.0 Å². The Labute approximate surface area is 268 Å². The number of allylic oxidation sites excluding steroid dienone is 1. The summed E-state index contributed by atoms with van der Waals surface area (Å²) in [5, 5.41) is 31.0. The van der Waals surface area contributed by atoms with E-state index in [1.165, 1.54) is 31.0 Å². The molecule has 3 aliphatic rings. The summed E-state index contributed by atoms with van der Waals surface area (Å²) in [6, 6.07) is 7.43. The fourth-order valence-corrected chi connectivity index (χ4v) is 6.10. The molecule has 3 amide bonds. The van der Waals surface area contributed by atoms with Crippen LogP contribution in [0.5, 0.6) is 11.5 Å². The zero-order valence-corrected chi connectivity index (χ0v) is 25.3. The number of nitrogens with one attached hydrogen (secondary N) is 1. The zero-order chi connectivity index (χ0) is 34.6. The second-order valence-corrected chi connectivity index (χ2v) is 11.5. The number of carboxylic acids is 2. The molecule has 0 saturated carbocycles. The van der Waals surface area contributed by atoms with Crippen molar-refractivity contribution < 1.29 is 61.8 Å². The van der Waals surface area contributed by atoms with Crippen molar-refractivity contribution in [3.8, 4) is 11.5 Å². The number of pyridine rings is 1. The van der Waals surface area contributed by atoms with Gasteiger partial charge in [0.15, 0.2) is 23.9 Å². The topological polar surface area (TPSA) is 207 Å². The molecule has 0 unspecified atom stereocenters. The van der Waals surface area contributed by atoms with Crippen molar-refractivity contribution in [2.75, 3.05) is 24.7 Å². The lowest BCUT2D eigenvalue weighted by Gasteiger charge is -2.49. The predicted octanol–water partition coefficient (Wildman–Crippen LogP) is -0.135. The molecule has 5 N–H and O–H groups in total. The molecule has 18 heteroatoms. The van der Waals surface area contributed by atoms with Crippen molar-refractivity contribution in [1.82, 2.24) is 9.80 Å². The number of likely N-dealkylation sites (tertiary alicyclic amines) is 1. The van der Waals surface area contributed by atoms with Crippen molar-refractivity contribution in [1.29, 1.82) is 0 Å². The summed E-state index contributed by atoms with van der Waals surface area (Å²) in [4.78, 5) is 61.2. The fraction of sp³-hybridized carbons (Fsp3) is 0.310. The quantitative estimate of drug-likeness (QED) is 0.125. The molecule has 0 spiro atoms. The van der Waals surface area contributed by atoms with Crippen molar-refractivity contribution in [3.63, 3.8) is 0 Å². The van der Waals surface area contributed by atoms with Gasteiger partial charge < -0.3 is 40.8 Å². The summed E-state index contributed by atoms with van der Waals surface area (Å²) in [6.45, 7) is 0.868. The van der Waals surface area contributed by atoms with E-state index in [1.54, 1.807) is 34.0 Å². The number of carbonyl (C=O) groups is 5. The third kappa shape index (κ3) is 8.01. The average molecular weight is 680 g/mol. The summed E-state index contributed by atoms with van der Waals surface area (Å²) in [6.07, 6.45) is 0.407. The number of β-lactam (4-membered cyclic amide) rings is 1. The van der Waals surface area contributed by atoms with Gasteiger partial charge in [-0.05, 0) is 35.8 Å². The summed E-state index contributed by atoms with van der Waals surface area (Å²) >= 11 is 1.37. The molecule has 0 aliphatic carbocycles. The van der Waals surface area contributed by atoms with Crippen LogP contribution < -0.4 is 25.5 Å². The zero-order valence-electron chi connectivity index (χ0n) is 24.5. The molecule has 2 saturated heterocycles. The lowest BCUT2D eigenvalue weighted by atomic mass is 10.0. The molecular weight excluding hydrogens is 651 g/mol. The van der Waals surface area contributed by atoms with E-state index in [9.17, 15) is 42.6 Å². The van der Waals surface area contributed by atoms with Gasteiger partial charge in [0.2, 0.25) is 18.4 Å². The van der Waals surface area contributed by atoms with Gasteiger partial charge in [0, 0.05) is 48.3 Å². The van der Waals surface area contributed by atoms with Crippen molar-refractivity contribution in [3.05, 3.63) is 71.2 Å². The van der Waals surface area contributed by atoms with Crippen molar-refractivity contribution >= 4 is 47.1 Å². The molecule has 1 aromatic carbocycles. The van der Waals surface area contributed by atoms with Crippen LogP contribution in [-0.4, -0.2) is 86.7 Å². The minimum atomic E-state index is -5.08. The molecule has 0 bridgehead atoms. The van der Waals surface area contributed by atoms with Crippen LogP contribution in [0.2, 0.25) is 0 Å². The van der Waals surface area contributed by atoms with Crippen LogP contribution >= 0.6 is 11.8 Å². The van der Waals surface area contributed by atoms with Gasteiger partial charge in [0.25, 0.3) is 5.91 Å². The largest absolute Gasteiger partial charge is 0.543 e. The molecule has 2 fully saturated rings. The number of fused-ring (bicyclic) bond motifs is 1. The number of halogens is 3. The number of rotatable bonds is 8. The molecule has 2 atom stereocenters. The lowest BCUT2D eigenvalue weighted by Crippen LogP contribution is -2.69. The van der Waals surface area contributed by atoms with Gasteiger partial charge in [-0.1, -0.05) is 0 Å². The number of hydrogen-bond donors (Lipinski definition) is 4. The van der Waals surface area contributed by atoms with Gasteiger partial charge in [0.05, 0.1) is 18.8 Å². The molecule has 47 heavy (non-hydrogen) atoms. The first-order chi connectivity index (χ1) is 22.1. The number of thioether (sulfide) groups is 1. The number of phenolic OH excluding ortho intramolecular Hbond substituents is 1. The highest BCUT2D eigenvalue weighted by atomic mass is 32.2. The standard InChI is InChI=1S/C27H27N5O7S.C2HF3O2/c1-39-20-11-18(2-3-19(20)33)29-21(34)13-30-7-4-15(5-8-30)12-31-9-6-16(24(31)35)10-17-14-40-26-22(28)25(36)32(26)23(17)27(37)38;3-2(4,5)1(6)7/h2-5,7-8,10-11,22,26H,6,9,12-14,28H2,1H3,(H2-,29,33,34,37,38);(H,6,7)/t22-,26-;/m1./s1. The van der Waals surface area contributed by atoms with E-state index in [2.05, 4.69) is 5.32 Å². The highest BCUT2D eigenvalue weighted by molar-refractivity contribution is 8.00. The number of carbonyl (C=O) groups excluding carboxylic acids is 4. The maximum Gasteiger partial charge on any atom is 0.490 e. The number of carboxylic acid groups (broad SMARTS) is 2. The van der Waals surface area contributed by atoms with E-state index in [1.807, 2.05) is 12.1 Å². The molecule has 5 rings (SSSR count). The van der Waals surface area contributed by atoms with Crippen LogP contribution in [0.4, 0.5) is 18.9 Å². The van der Waals surface area contributed by atoms with Crippen LogP contribution in [-0.2, 0) is 37.1 Å². The smallest absolute Gasteiger partial charge is 0.490 e. The van der Waals surface area contributed by atoms with E-state index in [4.69, 9.17) is 20.4 Å². The van der Waals surface area contributed by atoms with E-state index >= 15 is 0 Å². The number of alkyl halides is 3. The number of ether oxygens (including phenoxy) is 1. The maximum absolute atomic E-state index is 13.1. The van der Waals surface area contributed by atoms with Crippen molar-refractivity contribution in [2.24, 2.45) is 5.73 Å². The predicted molar refractivity (Wildman–Crippen MR) is 155 cm³/mol. The number of phenols is 1. The minimum Gasteiger partial charge on any atom is -0.543 e. The van der Waals surface area contributed by atoms with E-state index in [0.717, 1.165) is 10.5 Å². The molecule has 14 nitrogen and oxygen atoms in total. The monoisotopic (exact) mass is 679 g/mol. The van der Waals surface area contributed by atoms with Gasteiger partial charge in [-0.3, -0.25) is 19.3 Å². The van der Waals surface area contributed by atoms with Gasteiger partial charge in [-0.2, -0.15) is 17.7 Å². The molecule has 3 aliphatic heterocycles. The number of anilines is 1. The molecule has 2 aromatic rings. The number of aliphatic carboxylic acids is 2. The van der Waals surface area contributed by atoms with Crippen LogP contribution in [0, 0.1) is 0 Å². The highest BCUT2D eigenvalue weighted by Crippen LogP contribution is 2.40. The number of amides is 3. The Morgan fingerprint density at radius 2 is 1.87 bits per heavy atom. The van der Waals surface area contributed by atoms with Crippen LogP contribution in [0.3, 0.4) is 0 Å². The summed E-state index contributed by atoms with van der Waals surface area (Å²) in [7, 11) is 1.42. The van der Waals surface area contributed by atoms with Gasteiger partial charge in [0.1, 0.15) is 11.4 Å². The van der Waals surface area contributed by atoms with E-state index < -0.39 is 35.4 Å². The Kier molecular flexibility index (Phi) is 10.4. The summed E-state index contributed by atoms with van der Waals surface area (Å²) < 4.78 is 38.5. The lowest BCUT2D eigenvalue weighted by molar-refractivity contribution is -0.684. The van der Waals surface area contributed by atoms with E-state index in [0.29, 0.717) is 42.1 Å². The van der Waals surface area contributed by atoms with Crippen LogP contribution in [0.15, 0.2) is 65.6 Å². The first kappa shape index (κ1) is 34.8. The van der Waals surface area contributed by atoms with Crippen molar-refractivity contribution in [2.45, 2.75) is 37.1 Å². The third-order valence-corrected chi connectivity index (χ3v) is 8.48. The number of aromatic nitrogens is 1. The second-order valence-electron chi connectivity index (χ2n) is 10.4. The molecule has 4 heterocycles. The number of hydrogen-bond acceptors (Lipinski definition) is 10. The summed E-state index contributed by atoms with van der Waals surface area (Å²) in [5.41, 5.74) is 7.76. The SMILES string of the molecule is COc1cc(NC(=O)C[n+]2ccc(CN3CCC(=CC4=C(C(=O)[O-])N5C(=O)[C@@H](N)[C@H]5SC4)C3=O)cc2)ccc1O.O=C(O)C(F)(F)F. The van der Waals surface area contributed by atoms with Gasteiger partial charge in [-0.25, -0.2) is 4.79 Å². The second kappa shape index (κ2) is 14.1. The Morgan fingerprint density at radius 1 is 1.21 bits per heavy atom.